The van der Waals surface area contributed by atoms with Crippen molar-refractivity contribution in [2.75, 3.05) is 12.4 Å². The molecule has 0 aliphatic heterocycles. The van der Waals surface area contributed by atoms with Crippen LogP contribution in [0, 0.1) is 6.92 Å². The van der Waals surface area contributed by atoms with Crippen molar-refractivity contribution in [1.29, 1.82) is 0 Å². The number of para-hydroxylation sites is 3. The number of benzene rings is 3. The molecule has 0 saturated carbocycles. The number of fused-ring (bicyclic) bond motifs is 1. The number of anilines is 1. The summed E-state index contributed by atoms with van der Waals surface area (Å²) in [4.78, 5) is 17.1. The number of hydrogen-bond donors (Lipinski definition) is 2. The second kappa shape index (κ2) is 8.34. The van der Waals surface area contributed by atoms with E-state index >= 15 is 0 Å². The molecule has 30 heavy (non-hydrogen) atoms. The van der Waals surface area contributed by atoms with Crippen LogP contribution in [-0.4, -0.2) is 23.1 Å². The highest BCUT2D eigenvalue weighted by Gasteiger charge is 2.14. The van der Waals surface area contributed by atoms with Gasteiger partial charge in [0.25, 0.3) is 5.91 Å². The predicted octanol–water partition coefficient (Wildman–Crippen LogP) is 4.94. The number of carbonyl (C=O) groups excluding carboxylic acids is 1. The SMILES string of the molecule is COc1ccccc1C(=O)NC(=S)Nc1cc(-c2nc3ccccc3o2)ccc1C. The third-order valence-electron chi connectivity index (χ3n) is 4.61. The Balaban J connectivity index is 1.53. The topological polar surface area (TPSA) is 76.4 Å². The molecule has 0 fully saturated rings. The molecule has 1 amide bonds. The zero-order valence-corrected chi connectivity index (χ0v) is 17.2. The number of ether oxygens (including phenoxy) is 1. The average Bonchev–Trinajstić information content (AvgIpc) is 3.19. The van der Waals surface area contributed by atoms with E-state index in [4.69, 9.17) is 21.4 Å². The number of hydrogen-bond acceptors (Lipinski definition) is 5. The van der Waals surface area contributed by atoms with Crippen molar-refractivity contribution in [1.82, 2.24) is 10.3 Å². The van der Waals surface area contributed by atoms with Gasteiger partial charge in [0, 0.05) is 11.3 Å². The summed E-state index contributed by atoms with van der Waals surface area (Å²) in [6, 6.07) is 20.3. The van der Waals surface area contributed by atoms with E-state index in [1.54, 1.807) is 24.3 Å². The Morgan fingerprint density at radius 1 is 1.07 bits per heavy atom. The van der Waals surface area contributed by atoms with Crippen LogP contribution in [0.3, 0.4) is 0 Å². The Morgan fingerprint density at radius 3 is 2.63 bits per heavy atom. The summed E-state index contributed by atoms with van der Waals surface area (Å²) in [5.41, 5.74) is 4.44. The maximum absolute atomic E-state index is 12.6. The van der Waals surface area contributed by atoms with E-state index in [0.29, 0.717) is 17.2 Å². The number of oxazole rings is 1. The molecule has 0 bridgehead atoms. The molecule has 7 heteroatoms. The van der Waals surface area contributed by atoms with Crippen LogP contribution >= 0.6 is 12.2 Å². The van der Waals surface area contributed by atoms with E-state index in [2.05, 4.69) is 15.6 Å². The van der Waals surface area contributed by atoms with E-state index in [1.165, 1.54) is 7.11 Å². The largest absolute Gasteiger partial charge is 0.496 e. The van der Waals surface area contributed by atoms with Gasteiger partial charge in [-0.15, -0.1) is 0 Å². The van der Waals surface area contributed by atoms with Crippen molar-refractivity contribution in [2.24, 2.45) is 0 Å². The van der Waals surface area contributed by atoms with Crippen molar-refractivity contribution in [3.05, 3.63) is 77.9 Å². The number of thiocarbonyl (C=S) groups is 1. The van der Waals surface area contributed by atoms with Gasteiger partial charge in [-0.05, 0) is 61.1 Å². The monoisotopic (exact) mass is 417 g/mol. The quantitative estimate of drug-likeness (QED) is 0.458. The molecule has 6 nitrogen and oxygen atoms in total. The van der Waals surface area contributed by atoms with E-state index < -0.39 is 0 Å². The fraction of sp³-hybridized carbons (Fsp3) is 0.0870. The number of amides is 1. The molecule has 0 unspecified atom stereocenters. The zero-order chi connectivity index (χ0) is 21.1. The molecule has 0 aliphatic carbocycles. The molecule has 150 valence electrons. The number of carbonyl (C=O) groups is 1. The first-order valence-electron chi connectivity index (χ1n) is 9.27. The fourth-order valence-corrected chi connectivity index (χ4v) is 3.24. The molecule has 0 radical (unpaired) electrons. The van der Waals surface area contributed by atoms with E-state index in [9.17, 15) is 4.79 Å². The first-order valence-corrected chi connectivity index (χ1v) is 9.68. The van der Waals surface area contributed by atoms with Crippen LogP contribution in [0.15, 0.2) is 71.1 Å². The summed E-state index contributed by atoms with van der Waals surface area (Å²) >= 11 is 5.34. The van der Waals surface area contributed by atoms with Gasteiger partial charge in [-0.2, -0.15) is 0 Å². The smallest absolute Gasteiger partial charge is 0.261 e. The highest BCUT2D eigenvalue weighted by atomic mass is 32.1. The van der Waals surface area contributed by atoms with Crippen LogP contribution in [0.5, 0.6) is 5.75 Å². The van der Waals surface area contributed by atoms with Crippen molar-refractivity contribution in [3.63, 3.8) is 0 Å². The number of rotatable bonds is 4. The minimum atomic E-state index is -0.349. The maximum atomic E-state index is 12.6. The Morgan fingerprint density at radius 2 is 1.83 bits per heavy atom. The second-order valence-corrected chi connectivity index (χ2v) is 7.03. The van der Waals surface area contributed by atoms with Crippen LogP contribution in [-0.2, 0) is 0 Å². The van der Waals surface area contributed by atoms with Crippen LogP contribution < -0.4 is 15.4 Å². The van der Waals surface area contributed by atoms with Gasteiger partial charge in [-0.1, -0.05) is 30.3 Å². The molecule has 0 atom stereocenters. The lowest BCUT2D eigenvalue weighted by atomic mass is 10.1. The summed E-state index contributed by atoms with van der Waals surface area (Å²) in [5, 5.41) is 5.96. The minimum Gasteiger partial charge on any atom is -0.496 e. The van der Waals surface area contributed by atoms with Gasteiger partial charge in [-0.3, -0.25) is 10.1 Å². The zero-order valence-electron chi connectivity index (χ0n) is 16.4. The van der Waals surface area contributed by atoms with E-state index in [1.807, 2.05) is 49.4 Å². The molecule has 1 aromatic heterocycles. The van der Waals surface area contributed by atoms with E-state index in [-0.39, 0.29) is 11.0 Å². The Labute approximate surface area is 178 Å². The van der Waals surface area contributed by atoms with Crippen LogP contribution in [0.1, 0.15) is 15.9 Å². The van der Waals surface area contributed by atoms with Crippen molar-refractivity contribution in [3.8, 4) is 17.2 Å². The number of aromatic nitrogens is 1. The number of methoxy groups -OCH3 is 1. The van der Waals surface area contributed by atoms with Gasteiger partial charge in [0.05, 0.1) is 12.7 Å². The van der Waals surface area contributed by atoms with Gasteiger partial charge < -0.3 is 14.5 Å². The number of aryl methyl sites for hydroxylation is 1. The molecular weight excluding hydrogens is 398 g/mol. The first-order chi connectivity index (χ1) is 14.5. The third kappa shape index (κ3) is 4.01. The van der Waals surface area contributed by atoms with E-state index in [0.717, 1.165) is 27.9 Å². The molecular formula is C23H19N3O3S. The lowest BCUT2D eigenvalue weighted by Crippen LogP contribution is -2.34. The minimum absolute atomic E-state index is 0.184. The summed E-state index contributed by atoms with van der Waals surface area (Å²) in [6.07, 6.45) is 0. The lowest BCUT2D eigenvalue weighted by molar-refractivity contribution is 0.0975. The molecule has 0 aliphatic rings. The van der Waals surface area contributed by atoms with Crippen LogP contribution in [0.2, 0.25) is 0 Å². The highest BCUT2D eigenvalue weighted by Crippen LogP contribution is 2.28. The summed E-state index contributed by atoms with van der Waals surface area (Å²) in [6.45, 7) is 1.95. The molecule has 4 rings (SSSR count). The lowest BCUT2D eigenvalue weighted by Gasteiger charge is -2.13. The molecule has 4 aromatic rings. The maximum Gasteiger partial charge on any atom is 0.261 e. The third-order valence-corrected chi connectivity index (χ3v) is 4.81. The van der Waals surface area contributed by atoms with Gasteiger partial charge in [0.2, 0.25) is 5.89 Å². The molecule has 0 saturated heterocycles. The Kier molecular flexibility index (Phi) is 5.45. The normalized spacial score (nSPS) is 10.6. The summed E-state index contributed by atoms with van der Waals surface area (Å²) in [7, 11) is 1.52. The molecule has 2 N–H and O–H groups in total. The Bertz CT molecular complexity index is 1220. The van der Waals surface area contributed by atoms with Crippen molar-refractivity contribution < 1.29 is 13.9 Å². The molecule has 0 spiro atoms. The predicted molar refractivity (Wildman–Crippen MR) is 121 cm³/mol. The first kappa shape index (κ1) is 19.6. The van der Waals surface area contributed by atoms with Crippen LogP contribution in [0.4, 0.5) is 5.69 Å². The number of nitrogens with one attached hydrogen (secondary N) is 2. The van der Waals surface area contributed by atoms with Gasteiger partial charge in [-0.25, -0.2) is 4.98 Å². The van der Waals surface area contributed by atoms with Crippen LogP contribution in [0.25, 0.3) is 22.6 Å². The van der Waals surface area contributed by atoms with Gasteiger partial charge in [0.15, 0.2) is 10.7 Å². The average molecular weight is 417 g/mol. The second-order valence-electron chi connectivity index (χ2n) is 6.62. The fourth-order valence-electron chi connectivity index (χ4n) is 3.04. The number of nitrogens with zero attached hydrogens (tertiary/aromatic N) is 1. The Hall–Kier alpha value is -3.71. The van der Waals surface area contributed by atoms with Crippen molar-refractivity contribution in [2.45, 2.75) is 6.92 Å². The summed E-state index contributed by atoms with van der Waals surface area (Å²) in [5.74, 6) is 0.646. The highest BCUT2D eigenvalue weighted by molar-refractivity contribution is 7.80. The summed E-state index contributed by atoms with van der Waals surface area (Å²) < 4.78 is 11.1. The molecule has 3 aromatic carbocycles. The van der Waals surface area contributed by atoms with Gasteiger partial charge in [0.1, 0.15) is 11.3 Å². The van der Waals surface area contributed by atoms with Gasteiger partial charge >= 0.3 is 0 Å². The molecule has 1 heterocycles. The standard InChI is InChI=1S/C23H19N3O3S/c1-14-11-12-15(22-24-17-8-4-6-10-20(17)29-22)13-18(14)25-23(30)26-21(27)16-7-3-5-9-19(16)28-2/h3-13H,1-2H3,(H2,25,26,27,30). The van der Waals surface area contributed by atoms with Crippen molar-refractivity contribution >= 4 is 40.0 Å².